The van der Waals surface area contributed by atoms with Gasteiger partial charge in [-0.25, -0.2) is 19.3 Å². The summed E-state index contributed by atoms with van der Waals surface area (Å²) in [5.41, 5.74) is 3.91. The Balaban J connectivity index is 1.06. The van der Waals surface area contributed by atoms with E-state index in [1.165, 1.54) is 23.1 Å². The number of carboxylic acid groups (broad SMARTS) is 1. The number of carbonyl (C=O) groups is 1. The molecule has 4 saturated heterocycles. The average Bonchev–Trinajstić information content (AvgIpc) is 3.49. The van der Waals surface area contributed by atoms with E-state index in [9.17, 15) is 15.2 Å². The summed E-state index contributed by atoms with van der Waals surface area (Å²) in [7, 11) is 1.62. The molecule has 3 atom stereocenters. The molecule has 8 heterocycles. The molecule has 13 nitrogen and oxygen atoms in total. The van der Waals surface area contributed by atoms with Crippen LogP contribution in [0.2, 0.25) is 0 Å². The van der Waals surface area contributed by atoms with Crippen molar-refractivity contribution in [1.82, 2.24) is 29.4 Å². The van der Waals surface area contributed by atoms with Crippen LogP contribution in [-0.4, -0.2) is 105 Å². The van der Waals surface area contributed by atoms with Crippen molar-refractivity contribution in [3.05, 3.63) is 66.2 Å². The van der Waals surface area contributed by atoms with E-state index in [-0.39, 0.29) is 19.3 Å². The highest BCUT2D eigenvalue weighted by Crippen LogP contribution is 2.36. The summed E-state index contributed by atoms with van der Waals surface area (Å²) in [6.45, 7) is 3.77. The Morgan fingerprint density at radius 2 is 2.00 bits per heavy atom. The molecule has 4 aliphatic rings. The predicted molar refractivity (Wildman–Crippen MR) is 159 cm³/mol. The molecule has 13 heteroatoms. The number of rotatable bonds is 8. The molecule has 2 bridgehead atoms. The summed E-state index contributed by atoms with van der Waals surface area (Å²) >= 11 is 0. The van der Waals surface area contributed by atoms with Crippen molar-refractivity contribution in [2.24, 2.45) is 0 Å². The predicted octanol–water partition coefficient (Wildman–Crippen LogP) is 2.89. The minimum atomic E-state index is -0.969. The highest BCUT2D eigenvalue weighted by atomic mass is 16.5. The number of nitriles is 1. The van der Waals surface area contributed by atoms with Gasteiger partial charge in [-0.15, -0.1) is 0 Å². The number of nitrogens with zero attached hydrogens (tertiary/aromatic N) is 8. The van der Waals surface area contributed by atoms with Crippen LogP contribution in [0.5, 0.6) is 11.6 Å². The number of hydrogen-bond acceptors (Lipinski definition) is 10. The third-order valence-corrected chi connectivity index (χ3v) is 8.65. The summed E-state index contributed by atoms with van der Waals surface area (Å²) in [5, 5.41) is 23.4. The summed E-state index contributed by atoms with van der Waals surface area (Å²) in [4.78, 5) is 26.7. The molecule has 0 aromatic carbocycles. The molecule has 0 saturated carbocycles. The molecular formula is C31H32N8O5. The van der Waals surface area contributed by atoms with Gasteiger partial charge in [0.25, 0.3) is 0 Å². The van der Waals surface area contributed by atoms with Gasteiger partial charge in [-0.05, 0) is 30.2 Å². The van der Waals surface area contributed by atoms with E-state index in [1.807, 2.05) is 36.7 Å². The average molecular weight is 597 g/mol. The van der Waals surface area contributed by atoms with Crippen LogP contribution in [0.4, 0.5) is 10.6 Å². The largest absolute Gasteiger partial charge is 0.489 e. The van der Waals surface area contributed by atoms with Gasteiger partial charge in [-0.2, -0.15) is 10.4 Å². The third kappa shape index (κ3) is 5.34. The van der Waals surface area contributed by atoms with Crippen LogP contribution < -0.4 is 14.4 Å². The fraction of sp³-hybridized carbons (Fsp3) is 0.387. The number of piperidine rings is 1. The second-order valence-electron chi connectivity index (χ2n) is 11.3. The maximum absolute atomic E-state index is 11.4. The molecule has 4 aromatic rings. The number of ether oxygens (including phenoxy) is 3. The quantitative estimate of drug-likeness (QED) is 0.321. The van der Waals surface area contributed by atoms with Crippen LogP contribution >= 0.6 is 0 Å². The van der Waals surface area contributed by atoms with Gasteiger partial charge < -0.3 is 29.1 Å². The first-order valence-corrected chi connectivity index (χ1v) is 14.6. The van der Waals surface area contributed by atoms with Crippen molar-refractivity contribution in [1.29, 1.82) is 5.26 Å². The lowest BCUT2D eigenvalue weighted by Crippen LogP contribution is -2.68. The molecule has 0 aliphatic carbocycles. The molecule has 8 rings (SSSR count). The van der Waals surface area contributed by atoms with E-state index in [4.69, 9.17) is 19.2 Å². The minimum Gasteiger partial charge on any atom is -0.489 e. The van der Waals surface area contributed by atoms with E-state index in [1.54, 1.807) is 17.8 Å². The van der Waals surface area contributed by atoms with Crippen LogP contribution in [0.25, 0.3) is 16.6 Å². The van der Waals surface area contributed by atoms with Crippen LogP contribution in [0.3, 0.4) is 0 Å². The Bertz CT molecular complexity index is 1690. The number of morpholine rings is 1. The Kier molecular flexibility index (Phi) is 7.37. The lowest BCUT2D eigenvalue weighted by Gasteiger charge is -2.56. The monoisotopic (exact) mass is 596 g/mol. The van der Waals surface area contributed by atoms with E-state index in [0.29, 0.717) is 47.9 Å². The lowest BCUT2D eigenvalue weighted by molar-refractivity contribution is -0.0412. The van der Waals surface area contributed by atoms with Gasteiger partial charge in [0, 0.05) is 67.8 Å². The smallest absolute Gasteiger partial charge is 0.407 e. The Morgan fingerprint density at radius 3 is 2.70 bits per heavy atom. The number of piperazine rings is 1. The summed E-state index contributed by atoms with van der Waals surface area (Å²) in [6, 6.07) is 13.1. The number of hydrogen-bond donors (Lipinski definition) is 1. The van der Waals surface area contributed by atoms with E-state index in [2.05, 4.69) is 32.0 Å². The minimum absolute atomic E-state index is 0.182. The van der Waals surface area contributed by atoms with Crippen LogP contribution in [0.1, 0.15) is 17.5 Å². The Morgan fingerprint density at radius 1 is 1.14 bits per heavy atom. The molecular weight excluding hydrogens is 564 g/mol. The zero-order valence-corrected chi connectivity index (χ0v) is 24.2. The van der Waals surface area contributed by atoms with Gasteiger partial charge in [0.1, 0.15) is 30.3 Å². The summed E-state index contributed by atoms with van der Waals surface area (Å²) < 4.78 is 18.6. The molecule has 0 spiro atoms. The standard InChI is InChI=1S/C31H32N8O5/c1-42-29-5-2-20(11-34-29)14-38-23-8-24(38)16-37(15-23)28-4-3-21(12-33-28)27-9-25(18-39-30(27)22(10-32)13-35-39)44-19-26-17-36(31(40)41)6-7-43-26/h2-5,9,11-13,18,23-24,26H,6-8,14-17,19H2,1H3,(H,40,41)/t23?,24?,26-/m0/s1. The van der Waals surface area contributed by atoms with Gasteiger partial charge in [-0.1, -0.05) is 6.07 Å². The molecule has 44 heavy (non-hydrogen) atoms. The number of pyridine rings is 3. The number of aromatic nitrogens is 4. The highest BCUT2D eigenvalue weighted by molar-refractivity contribution is 5.85. The van der Waals surface area contributed by atoms with E-state index < -0.39 is 6.09 Å². The molecule has 1 amide bonds. The molecule has 1 N–H and O–H groups in total. The normalized spacial score (nSPS) is 21.5. The van der Waals surface area contributed by atoms with Gasteiger partial charge in [0.15, 0.2) is 0 Å². The van der Waals surface area contributed by atoms with Crippen molar-refractivity contribution < 1.29 is 24.1 Å². The SMILES string of the molecule is COc1ccc(CN2C3CC2CN(c2ccc(-c4cc(OC[C@@H]5CN(C(=O)O)CCO5)cn5ncc(C#N)c45)cn2)C3)cn1. The van der Waals surface area contributed by atoms with Gasteiger partial charge in [0.05, 0.1) is 43.7 Å². The maximum atomic E-state index is 11.4. The first-order valence-electron chi connectivity index (χ1n) is 14.6. The van der Waals surface area contributed by atoms with Crippen molar-refractivity contribution in [3.63, 3.8) is 0 Å². The summed E-state index contributed by atoms with van der Waals surface area (Å²) in [6.07, 6.45) is 6.80. The van der Waals surface area contributed by atoms with Crippen molar-refractivity contribution >= 4 is 17.4 Å². The number of amides is 1. The lowest BCUT2D eigenvalue weighted by atomic mass is 9.87. The second kappa shape index (κ2) is 11.6. The van der Waals surface area contributed by atoms with E-state index in [0.717, 1.165) is 36.6 Å². The molecule has 226 valence electrons. The van der Waals surface area contributed by atoms with Crippen molar-refractivity contribution in [2.45, 2.75) is 31.2 Å². The summed E-state index contributed by atoms with van der Waals surface area (Å²) in [5.74, 6) is 2.07. The maximum Gasteiger partial charge on any atom is 0.407 e. The van der Waals surface area contributed by atoms with Gasteiger partial charge in [-0.3, -0.25) is 4.90 Å². The Hall–Kier alpha value is -4.93. The highest BCUT2D eigenvalue weighted by Gasteiger charge is 2.44. The van der Waals surface area contributed by atoms with Crippen LogP contribution in [0.15, 0.2) is 55.1 Å². The first kappa shape index (κ1) is 27.9. The number of methoxy groups -OCH3 is 1. The fourth-order valence-corrected chi connectivity index (χ4v) is 6.36. The molecule has 4 aliphatic heterocycles. The van der Waals surface area contributed by atoms with E-state index >= 15 is 0 Å². The number of fused-ring (bicyclic) bond motifs is 3. The van der Waals surface area contributed by atoms with Gasteiger partial charge in [0.2, 0.25) is 5.88 Å². The van der Waals surface area contributed by atoms with Crippen molar-refractivity contribution in [3.8, 4) is 28.8 Å². The fourth-order valence-electron chi connectivity index (χ4n) is 6.36. The molecule has 4 aromatic heterocycles. The molecule has 2 unspecified atom stereocenters. The zero-order valence-electron chi connectivity index (χ0n) is 24.2. The zero-order chi connectivity index (χ0) is 30.2. The first-order chi connectivity index (χ1) is 21.5. The van der Waals surface area contributed by atoms with Crippen molar-refractivity contribution in [2.75, 3.05) is 51.4 Å². The van der Waals surface area contributed by atoms with Gasteiger partial charge >= 0.3 is 6.09 Å². The number of anilines is 1. The van der Waals surface area contributed by atoms with Crippen LogP contribution in [0, 0.1) is 11.3 Å². The molecule has 0 radical (unpaired) electrons. The topological polar surface area (TPSA) is 142 Å². The third-order valence-electron chi connectivity index (χ3n) is 8.65. The Labute approximate surface area is 253 Å². The molecule has 4 fully saturated rings. The van der Waals surface area contributed by atoms with Crippen LogP contribution in [-0.2, 0) is 11.3 Å². The second-order valence-corrected chi connectivity index (χ2v) is 11.3.